The van der Waals surface area contributed by atoms with Crippen molar-refractivity contribution < 1.29 is 13.9 Å². The number of para-hydroxylation sites is 1. The maximum atomic E-state index is 12.0. The van der Waals surface area contributed by atoms with E-state index in [0.29, 0.717) is 17.3 Å². The Kier molecular flexibility index (Phi) is 4.84. The lowest BCUT2D eigenvalue weighted by Crippen LogP contribution is -2.32. The number of furan rings is 1. The van der Waals surface area contributed by atoms with Crippen LogP contribution in [-0.2, 0) is 4.79 Å². The number of aryl methyl sites for hydroxylation is 3. The van der Waals surface area contributed by atoms with E-state index in [9.17, 15) is 4.79 Å². The number of carbonyl (C=O) groups excluding carboxylic acids is 1. The van der Waals surface area contributed by atoms with Gasteiger partial charge in [-0.3, -0.25) is 4.79 Å². The Morgan fingerprint density at radius 1 is 1.27 bits per heavy atom. The molecule has 1 unspecified atom stereocenters. The first-order valence-corrected chi connectivity index (χ1v) is 6.95. The van der Waals surface area contributed by atoms with Crippen molar-refractivity contribution in [2.24, 2.45) is 0 Å². The Morgan fingerprint density at radius 2 is 1.95 bits per heavy atom. The van der Waals surface area contributed by atoms with Crippen LogP contribution in [0.2, 0.25) is 0 Å². The summed E-state index contributed by atoms with van der Waals surface area (Å²) in [4.78, 5) is 12.0. The lowest BCUT2D eigenvalue weighted by atomic mass is 10.1. The van der Waals surface area contributed by atoms with Gasteiger partial charge in [-0.2, -0.15) is 5.26 Å². The molecular formula is C17H18N2O3. The van der Waals surface area contributed by atoms with Crippen molar-refractivity contribution in [2.75, 3.05) is 6.61 Å². The number of ether oxygens (including phenoxy) is 1. The van der Waals surface area contributed by atoms with E-state index in [2.05, 4.69) is 5.32 Å². The molecule has 0 aliphatic rings. The Labute approximate surface area is 129 Å². The highest BCUT2D eigenvalue weighted by atomic mass is 16.5. The predicted octanol–water partition coefficient (Wildman–Crippen LogP) is 2.96. The van der Waals surface area contributed by atoms with Crippen molar-refractivity contribution in [3.05, 3.63) is 53.0 Å². The first-order chi connectivity index (χ1) is 10.5. The molecule has 0 aliphatic carbocycles. The molecule has 0 saturated heterocycles. The Morgan fingerprint density at radius 3 is 2.50 bits per heavy atom. The molecule has 0 aliphatic heterocycles. The third-order valence-electron chi connectivity index (χ3n) is 3.24. The summed E-state index contributed by atoms with van der Waals surface area (Å²) in [6.45, 7) is 5.47. The molecule has 1 aromatic heterocycles. The zero-order chi connectivity index (χ0) is 16.1. The highest BCUT2D eigenvalue weighted by molar-refractivity contribution is 5.78. The molecule has 1 N–H and O–H groups in total. The second kappa shape index (κ2) is 6.81. The zero-order valence-corrected chi connectivity index (χ0v) is 12.8. The van der Waals surface area contributed by atoms with Crippen LogP contribution in [-0.4, -0.2) is 12.5 Å². The van der Waals surface area contributed by atoms with Crippen LogP contribution in [0.5, 0.6) is 5.75 Å². The largest absolute Gasteiger partial charge is 0.483 e. The van der Waals surface area contributed by atoms with Gasteiger partial charge in [-0.15, -0.1) is 0 Å². The highest BCUT2D eigenvalue weighted by Crippen LogP contribution is 2.22. The molecule has 5 nitrogen and oxygen atoms in total. The van der Waals surface area contributed by atoms with E-state index in [1.807, 2.05) is 38.1 Å². The minimum atomic E-state index is -0.817. The molecule has 1 amide bonds. The van der Waals surface area contributed by atoms with Gasteiger partial charge in [-0.1, -0.05) is 18.2 Å². The van der Waals surface area contributed by atoms with Crippen LogP contribution in [0, 0.1) is 32.1 Å². The molecule has 0 spiro atoms. The van der Waals surface area contributed by atoms with E-state index in [4.69, 9.17) is 14.4 Å². The normalized spacial score (nSPS) is 11.5. The lowest BCUT2D eigenvalue weighted by molar-refractivity contribution is -0.123. The van der Waals surface area contributed by atoms with Gasteiger partial charge in [-0.05, 0) is 44.0 Å². The van der Waals surface area contributed by atoms with Crippen LogP contribution < -0.4 is 10.1 Å². The Balaban J connectivity index is 1.97. The van der Waals surface area contributed by atoms with Gasteiger partial charge in [0, 0.05) is 0 Å². The van der Waals surface area contributed by atoms with Gasteiger partial charge in [0.05, 0.1) is 6.07 Å². The van der Waals surface area contributed by atoms with Crippen molar-refractivity contribution >= 4 is 5.91 Å². The van der Waals surface area contributed by atoms with Gasteiger partial charge in [0.2, 0.25) is 0 Å². The second-order valence-electron chi connectivity index (χ2n) is 5.09. The Bertz CT molecular complexity index is 693. The average Bonchev–Trinajstić information content (AvgIpc) is 2.90. The summed E-state index contributed by atoms with van der Waals surface area (Å²) < 4.78 is 10.9. The van der Waals surface area contributed by atoms with Crippen LogP contribution in [0.1, 0.15) is 28.7 Å². The number of hydrogen-bond donors (Lipinski definition) is 1. The van der Waals surface area contributed by atoms with Gasteiger partial charge in [0.15, 0.2) is 12.6 Å². The summed E-state index contributed by atoms with van der Waals surface area (Å²) in [6.07, 6.45) is 0. The second-order valence-corrected chi connectivity index (χ2v) is 5.09. The SMILES string of the molecule is Cc1ccc(C(C#N)NC(=O)COc2c(C)cccc2C)o1. The number of amides is 1. The zero-order valence-electron chi connectivity index (χ0n) is 12.8. The van der Waals surface area contributed by atoms with Gasteiger partial charge < -0.3 is 14.5 Å². The number of nitrogens with one attached hydrogen (secondary N) is 1. The molecule has 22 heavy (non-hydrogen) atoms. The first-order valence-electron chi connectivity index (χ1n) is 6.95. The summed E-state index contributed by atoms with van der Waals surface area (Å²) in [6, 6.07) is 10.4. The molecule has 0 saturated carbocycles. The first kappa shape index (κ1) is 15.6. The monoisotopic (exact) mass is 298 g/mol. The van der Waals surface area contributed by atoms with E-state index in [0.717, 1.165) is 11.1 Å². The molecule has 1 heterocycles. The van der Waals surface area contributed by atoms with Crippen LogP contribution >= 0.6 is 0 Å². The summed E-state index contributed by atoms with van der Waals surface area (Å²) >= 11 is 0. The maximum Gasteiger partial charge on any atom is 0.259 e. The minimum absolute atomic E-state index is 0.149. The smallest absolute Gasteiger partial charge is 0.259 e. The van der Waals surface area contributed by atoms with Crippen LogP contribution in [0.25, 0.3) is 0 Å². The van der Waals surface area contributed by atoms with E-state index in [1.54, 1.807) is 19.1 Å². The van der Waals surface area contributed by atoms with Crippen molar-refractivity contribution in [3.8, 4) is 11.8 Å². The molecular weight excluding hydrogens is 280 g/mol. The van der Waals surface area contributed by atoms with Crippen molar-refractivity contribution in [3.63, 3.8) is 0 Å². The van der Waals surface area contributed by atoms with Crippen LogP contribution in [0.3, 0.4) is 0 Å². The average molecular weight is 298 g/mol. The van der Waals surface area contributed by atoms with Gasteiger partial charge in [0.1, 0.15) is 17.3 Å². The molecule has 0 radical (unpaired) electrons. The molecule has 0 bridgehead atoms. The molecule has 1 aromatic carbocycles. The third kappa shape index (κ3) is 3.67. The summed E-state index contributed by atoms with van der Waals surface area (Å²) in [5.41, 5.74) is 1.93. The molecule has 114 valence electrons. The maximum absolute atomic E-state index is 12.0. The fourth-order valence-corrected chi connectivity index (χ4v) is 2.14. The van der Waals surface area contributed by atoms with Crippen molar-refractivity contribution in [2.45, 2.75) is 26.8 Å². The van der Waals surface area contributed by atoms with E-state index >= 15 is 0 Å². The Hall–Kier alpha value is -2.74. The van der Waals surface area contributed by atoms with Crippen molar-refractivity contribution in [1.82, 2.24) is 5.32 Å². The van der Waals surface area contributed by atoms with Crippen molar-refractivity contribution in [1.29, 1.82) is 5.26 Å². The standard InChI is InChI=1S/C17H18N2O3/c1-11-5-4-6-12(2)17(11)21-10-16(20)19-14(9-18)15-8-7-13(3)22-15/h4-8,14H,10H2,1-3H3,(H,19,20). The lowest BCUT2D eigenvalue weighted by Gasteiger charge is -2.13. The van der Waals surface area contributed by atoms with Gasteiger partial charge in [-0.25, -0.2) is 0 Å². The summed E-state index contributed by atoms with van der Waals surface area (Å²) in [7, 11) is 0. The molecule has 2 rings (SSSR count). The number of hydrogen-bond acceptors (Lipinski definition) is 4. The number of benzene rings is 1. The fraction of sp³-hybridized carbons (Fsp3) is 0.294. The van der Waals surface area contributed by atoms with E-state index in [-0.39, 0.29) is 12.5 Å². The molecule has 5 heteroatoms. The summed E-state index contributed by atoms with van der Waals surface area (Å²) in [5, 5.41) is 11.7. The molecule has 0 fully saturated rings. The van der Waals surface area contributed by atoms with Crippen LogP contribution in [0.15, 0.2) is 34.7 Å². The fourth-order valence-electron chi connectivity index (χ4n) is 2.14. The quantitative estimate of drug-likeness (QED) is 0.920. The number of rotatable bonds is 5. The van der Waals surface area contributed by atoms with Gasteiger partial charge in [0.25, 0.3) is 5.91 Å². The predicted molar refractivity (Wildman–Crippen MR) is 81.4 cm³/mol. The third-order valence-corrected chi connectivity index (χ3v) is 3.24. The minimum Gasteiger partial charge on any atom is -0.483 e. The number of carbonyl (C=O) groups is 1. The summed E-state index contributed by atoms with van der Waals surface area (Å²) in [5.74, 6) is 1.43. The topological polar surface area (TPSA) is 75.3 Å². The van der Waals surface area contributed by atoms with Crippen LogP contribution in [0.4, 0.5) is 0 Å². The van der Waals surface area contributed by atoms with E-state index in [1.165, 1.54) is 0 Å². The highest BCUT2D eigenvalue weighted by Gasteiger charge is 2.17. The van der Waals surface area contributed by atoms with E-state index < -0.39 is 6.04 Å². The van der Waals surface area contributed by atoms with Gasteiger partial charge >= 0.3 is 0 Å². The number of nitrogens with zero attached hydrogens (tertiary/aromatic N) is 1. The molecule has 1 atom stereocenters. The molecule has 2 aromatic rings. The number of nitriles is 1.